The SMILES string of the molecule is CC1CCCCN1c1ccc(N2CCN(C(=O)c3cc(Cl)sc3Cl)CC2)nn1. The molecule has 28 heavy (non-hydrogen) atoms. The average molecular weight is 440 g/mol. The van der Waals surface area contributed by atoms with Crippen LogP contribution in [0, 0.1) is 0 Å². The molecule has 4 rings (SSSR count). The van der Waals surface area contributed by atoms with Gasteiger partial charge in [-0.15, -0.1) is 21.5 Å². The number of anilines is 2. The van der Waals surface area contributed by atoms with Gasteiger partial charge in [0.25, 0.3) is 5.91 Å². The summed E-state index contributed by atoms with van der Waals surface area (Å²) in [6.07, 6.45) is 3.71. The van der Waals surface area contributed by atoms with Crippen LogP contribution in [-0.2, 0) is 0 Å². The predicted octanol–water partition coefficient (Wildman–Crippen LogP) is 4.19. The number of piperidine rings is 1. The highest BCUT2D eigenvalue weighted by atomic mass is 35.5. The topological polar surface area (TPSA) is 52.6 Å². The Morgan fingerprint density at radius 2 is 1.79 bits per heavy atom. The second kappa shape index (κ2) is 8.43. The molecule has 0 bridgehead atoms. The van der Waals surface area contributed by atoms with E-state index in [4.69, 9.17) is 23.2 Å². The van der Waals surface area contributed by atoms with E-state index in [0.717, 1.165) is 31.3 Å². The number of rotatable bonds is 3. The van der Waals surface area contributed by atoms with Gasteiger partial charge < -0.3 is 14.7 Å². The first-order valence-corrected chi connectivity index (χ1v) is 11.2. The number of piperazine rings is 1. The standard InChI is InChI=1S/C19H23Cl2N5OS/c1-13-4-2-3-7-26(13)17-6-5-16(22-23-17)24-8-10-25(11-9-24)19(27)14-12-15(20)28-18(14)21/h5-6,12-13H,2-4,7-11H2,1H3. The number of amides is 1. The highest BCUT2D eigenvalue weighted by Crippen LogP contribution is 2.32. The van der Waals surface area contributed by atoms with Gasteiger partial charge in [0.1, 0.15) is 4.34 Å². The number of halogens is 2. The van der Waals surface area contributed by atoms with Gasteiger partial charge in [0.2, 0.25) is 0 Å². The van der Waals surface area contributed by atoms with Crippen molar-refractivity contribution >= 4 is 52.1 Å². The van der Waals surface area contributed by atoms with Gasteiger partial charge in [-0.1, -0.05) is 23.2 Å². The van der Waals surface area contributed by atoms with Crippen molar-refractivity contribution in [2.45, 2.75) is 32.2 Å². The Balaban J connectivity index is 1.37. The van der Waals surface area contributed by atoms with Crippen molar-refractivity contribution in [3.63, 3.8) is 0 Å². The number of thiophene rings is 1. The quantitative estimate of drug-likeness (QED) is 0.717. The predicted molar refractivity (Wildman–Crippen MR) is 115 cm³/mol. The van der Waals surface area contributed by atoms with Crippen LogP contribution >= 0.6 is 34.5 Å². The molecule has 0 radical (unpaired) electrons. The first-order chi connectivity index (χ1) is 13.5. The van der Waals surface area contributed by atoms with Crippen LogP contribution in [0.25, 0.3) is 0 Å². The van der Waals surface area contributed by atoms with Crippen LogP contribution in [-0.4, -0.2) is 59.8 Å². The van der Waals surface area contributed by atoms with E-state index in [0.29, 0.717) is 33.4 Å². The molecule has 2 aromatic heterocycles. The Hall–Kier alpha value is -1.57. The summed E-state index contributed by atoms with van der Waals surface area (Å²) in [5, 5.41) is 8.92. The molecule has 0 aliphatic carbocycles. The molecule has 2 fully saturated rings. The van der Waals surface area contributed by atoms with Crippen LogP contribution in [0.2, 0.25) is 8.67 Å². The Morgan fingerprint density at radius 1 is 1.07 bits per heavy atom. The number of hydrogen-bond donors (Lipinski definition) is 0. The van der Waals surface area contributed by atoms with Crippen molar-refractivity contribution in [3.05, 3.63) is 32.4 Å². The molecule has 1 amide bonds. The molecule has 1 atom stereocenters. The maximum atomic E-state index is 12.7. The van der Waals surface area contributed by atoms with Crippen molar-refractivity contribution in [2.75, 3.05) is 42.5 Å². The summed E-state index contributed by atoms with van der Waals surface area (Å²) in [5.74, 6) is 1.75. The van der Waals surface area contributed by atoms with Gasteiger partial charge in [0.05, 0.1) is 9.90 Å². The van der Waals surface area contributed by atoms with Crippen LogP contribution in [0.3, 0.4) is 0 Å². The summed E-state index contributed by atoms with van der Waals surface area (Å²) in [6.45, 7) is 5.97. The number of nitrogens with zero attached hydrogens (tertiary/aromatic N) is 5. The first kappa shape index (κ1) is 19.7. The maximum absolute atomic E-state index is 12.7. The largest absolute Gasteiger partial charge is 0.352 e. The van der Waals surface area contributed by atoms with Gasteiger partial charge in [0, 0.05) is 38.8 Å². The number of aromatic nitrogens is 2. The zero-order valence-electron chi connectivity index (χ0n) is 15.8. The third kappa shape index (κ3) is 4.07. The van der Waals surface area contributed by atoms with Gasteiger partial charge >= 0.3 is 0 Å². The lowest BCUT2D eigenvalue weighted by Gasteiger charge is -2.36. The summed E-state index contributed by atoms with van der Waals surface area (Å²) in [5.41, 5.74) is 0.491. The minimum atomic E-state index is -0.0617. The summed E-state index contributed by atoms with van der Waals surface area (Å²) < 4.78 is 0.983. The Labute approximate surface area is 179 Å². The third-order valence-electron chi connectivity index (χ3n) is 5.51. The molecule has 2 aromatic rings. The third-order valence-corrected chi connectivity index (χ3v) is 7.00. The van der Waals surface area contributed by atoms with Crippen LogP contribution in [0.1, 0.15) is 36.5 Å². The first-order valence-electron chi connectivity index (χ1n) is 9.62. The van der Waals surface area contributed by atoms with Crippen molar-refractivity contribution in [2.24, 2.45) is 0 Å². The highest BCUT2D eigenvalue weighted by molar-refractivity contribution is 7.20. The molecular formula is C19H23Cl2N5OS. The molecular weight excluding hydrogens is 417 g/mol. The second-order valence-corrected chi connectivity index (χ2v) is 9.59. The second-order valence-electron chi connectivity index (χ2n) is 7.31. The molecule has 9 heteroatoms. The molecule has 1 unspecified atom stereocenters. The summed E-state index contributed by atoms with van der Waals surface area (Å²) >= 11 is 13.3. The van der Waals surface area contributed by atoms with Gasteiger partial charge in [0.15, 0.2) is 11.6 Å². The average Bonchev–Trinajstić information content (AvgIpc) is 3.06. The van der Waals surface area contributed by atoms with Crippen LogP contribution in [0.4, 0.5) is 11.6 Å². The minimum absolute atomic E-state index is 0.0617. The molecule has 6 nitrogen and oxygen atoms in total. The molecule has 150 valence electrons. The smallest absolute Gasteiger partial charge is 0.256 e. The molecule has 4 heterocycles. The van der Waals surface area contributed by atoms with Crippen molar-refractivity contribution in [3.8, 4) is 0 Å². The fourth-order valence-electron chi connectivity index (χ4n) is 3.87. The molecule has 2 aliphatic rings. The zero-order chi connectivity index (χ0) is 19.7. The number of hydrogen-bond acceptors (Lipinski definition) is 6. The molecule has 0 spiro atoms. The molecule has 0 aromatic carbocycles. The summed E-state index contributed by atoms with van der Waals surface area (Å²) in [6, 6.07) is 6.27. The summed E-state index contributed by atoms with van der Waals surface area (Å²) in [7, 11) is 0. The number of carbonyl (C=O) groups excluding carboxylic acids is 1. The van der Waals surface area contributed by atoms with E-state index >= 15 is 0 Å². The van der Waals surface area contributed by atoms with Gasteiger partial charge in [-0.05, 0) is 44.4 Å². The van der Waals surface area contributed by atoms with Crippen molar-refractivity contribution in [1.29, 1.82) is 0 Å². The van der Waals surface area contributed by atoms with E-state index < -0.39 is 0 Å². The summed E-state index contributed by atoms with van der Waals surface area (Å²) in [4.78, 5) is 19.0. The maximum Gasteiger partial charge on any atom is 0.256 e. The van der Waals surface area contributed by atoms with Gasteiger partial charge in [-0.2, -0.15) is 0 Å². The Morgan fingerprint density at radius 3 is 2.39 bits per heavy atom. The molecule has 2 aliphatic heterocycles. The Bertz CT molecular complexity index is 835. The fourth-order valence-corrected chi connectivity index (χ4v) is 5.32. The minimum Gasteiger partial charge on any atom is -0.352 e. The van der Waals surface area contributed by atoms with Crippen molar-refractivity contribution < 1.29 is 4.79 Å². The molecule has 2 saturated heterocycles. The highest BCUT2D eigenvalue weighted by Gasteiger charge is 2.26. The van der Waals surface area contributed by atoms with Crippen LogP contribution in [0.15, 0.2) is 18.2 Å². The Kier molecular flexibility index (Phi) is 5.94. The van der Waals surface area contributed by atoms with E-state index in [1.807, 2.05) is 11.0 Å². The number of carbonyl (C=O) groups is 1. The van der Waals surface area contributed by atoms with E-state index in [1.54, 1.807) is 6.07 Å². The van der Waals surface area contributed by atoms with Gasteiger partial charge in [-0.25, -0.2) is 0 Å². The van der Waals surface area contributed by atoms with E-state index in [1.165, 1.54) is 30.6 Å². The lowest BCUT2D eigenvalue weighted by Crippen LogP contribution is -2.49. The zero-order valence-corrected chi connectivity index (χ0v) is 18.1. The fraction of sp³-hybridized carbons (Fsp3) is 0.526. The lowest BCUT2D eigenvalue weighted by atomic mass is 10.0. The normalized spacial score (nSPS) is 20.5. The monoisotopic (exact) mass is 439 g/mol. The van der Waals surface area contributed by atoms with Crippen molar-refractivity contribution in [1.82, 2.24) is 15.1 Å². The van der Waals surface area contributed by atoms with E-state index in [-0.39, 0.29) is 5.91 Å². The molecule has 0 saturated carbocycles. The molecule has 0 N–H and O–H groups in total. The van der Waals surface area contributed by atoms with Crippen LogP contribution in [0.5, 0.6) is 0 Å². The lowest BCUT2D eigenvalue weighted by molar-refractivity contribution is 0.0747. The van der Waals surface area contributed by atoms with E-state index in [9.17, 15) is 4.79 Å². The van der Waals surface area contributed by atoms with Crippen LogP contribution < -0.4 is 9.80 Å². The van der Waals surface area contributed by atoms with Gasteiger partial charge in [-0.3, -0.25) is 4.79 Å². The van der Waals surface area contributed by atoms with E-state index in [2.05, 4.69) is 33.0 Å².